The number of hydrogen-bond donors (Lipinski definition) is 3. The van der Waals surface area contributed by atoms with Crippen LogP contribution in [-0.2, 0) is 0 Å². The summed E-state index contributed by atoms with van der Waals surface area (Å²) in [5.74, 6) is -0.346. The molecular weight excluding hydrogens is 184 g/mol. The van der Waals surface area contributed by atoms with E-state index in [9.17, 15) is 4.79 Å². The van der Waals surface area contributed by atoms with Crippen molar-refractivity contribution in [2.45, 2.75) is 6.42 Å². The van der Waals surface area contributed by atoms with Gasteiger partial charge in [-0.25, -0.2) is 0 Å². The van der Waals surface area contributed by atoms with Crippen molar-refractivity contribution in [2.75, 3.05) is 13.2 Å². The van der Waals surface area contributed by atoms with Crippen LogP contribution in [0.3, 0.4) is 0 Å². The molecular formula is C9H12N2O3. The molecule has 1 aromatic heterocycles. The lowest BCUT2D eigenvalue weighted by molar-refractivity contribution is 0.0950. The fraction of sp³-hybridized carbons (Fsp3) is 0.333. The highest BCUT2D eigenvalue weighted by Crippen LogP contribution is 2.07. The highest BCUT2D eigenvalue weighted by Gasteiger charge is 2.05. The smallest absolute Gasteiger partial charge is 0.252 e. The zero-order valence-electron chi connectivity index (χ0n) is 7.60. The standard InChI is InChI=1S/C9H12N2O3/c12-3-1-2-11-9(14)7-4-8(13)6-10-5-7/h4-6,12-13H,1-3H2,(H,11,14). The largest absolute Gasteiger partial charge is 0.506 e. The van der Waals surface area contributed by atoms with Gasteiger partial charge in [-0.15, -0.1) is 0 Å². The van der Waals surface area contributed by atoms with Gasteiger partial charge in [-0.3, -0.25) is 9.78 Å². The van der Waals surface area contributed by atoms with Crippen molar-refractivity contribution in [1.82, 2.24) is 10.3 Å². The number of pyridine rings is 1. The number of aliphatic hydroxyl groups excluding tert-OH is 1. The molecule has 1 amide bonds. The van der Waals surface area contributed by atoms with E-state index in [1.807, 2.05) is 0 Å². The lowest BCUT2D eigenvalue weighted by atomic mass is 10.2. The van der Waals surface area contributed by atoms with Crippen LogP contribution in [0.2, 0.25) is 0 Å². The van der Waals surface area contributed by atoms with Crippen molar-refractivity contribution in [3.05, 3.63) is 24.0 Å². The van der Waals surface area contributed by atoms with Crippen LogP contribution in [0.25, 0.3) is 0 Å². The van der Waals surface area contributed by atoms with E-state index in [-0.39, 0.29) is 18.3 Å². The van der Waals surface area contributed by atoms with Crippen LogP contribution in [0.5, 0.6) is 5.75 Å². The first kappa shape index (κ1) is 10.5. The average Bonchev–Trinajstić information content (AvgIpc) is 2.18. The number of carbonyl (C=O) groups is 1. The maximum absolute atomic E-state index is 11.3. The highest BCUT2D eigenvalue weighted by atomic mass is 16.3. The fourth-order valence-corrected chi connectivity index (χ4v) is 0.935. The predicted molar refractivity (Wildman–Crippen MR) is 49.9 cm³/mol. The highest BCUT2D eigenvalue weighted by molar-refractivity contribution is 5.94. The molecule has 0 radical (unpaired) electrons. The zero-order chi connectivity index (χ0) is 10.4. The quantitative estimate of drug-likeness (QED) is 0.587. The molecule has 0 spiro atoms. The number of nitrogens with one attached hydrogen (secondary N) is 1. The second-order valence-electron chi connectivity index (χ2n) is 2.76. The molecule has 5 nitrogen and oxygen atoms in total. The molecule has 0 aliphatic heterocycles. The molecule has 0 fully saturated rings. The Bertz CT molecular complexity index is 315. The first-order valence-electron chi connectivity index (χ1n) is 4.27. The fourth-order valence-electron chi connectivity index (χ4n) is 0.935. The molecule has 1 heterocycles. The van der Waals surface area contributed by atoms with E-state index in [2.05, 4.69) is 10.3 Å². The van der Waals surface area contributed by atoms with E-state index in [0.717, 1.165) is 0 Å². The van der Waals surface area contributed by atoms with Crippen molar-refractivity contribution in [3.63, 3.8) is 0 Å². The summed E-state index contributed by atoms with van der Waals surface area (Å²) in [7, 11) is 0. The van der Waals surface area contributed by atoms with Crippen molar-refractivity contribution in [1.29, 1.82) is 0 Å². The minimum Gasteiger partial charge on any atom is -0.506 e. The molecule has 3 N–H and O–H groups in total. The van der Waals surface area contributed by atoms with Gasteiger partial charge in [0.05, 0.1) is 11.8 Å². The maximum Gasteiger partial charge on any atom is 0.252 e. The van der Waals surface area contributed by atoms with Crippen LogP contribution < -0.4 is 5.32 Å². The number of hydrogen-bond acceptors (Lipinski definition) is 4. The lowest BCUT2D eigenvalue weighted by Crippen LogP contribution is -2.25. The van der Waals surface area contributed by atoms with Gasteiger partial charge >= 0.3 is 0 Å². The number of carbonyl (C=O) groups excluding carboxylic acids is 1. The second kappa shape index (κ2) is 5.18. The Kier molecular flexibility index (Phi) is 3.87. The Hall–Kier alpha value is -1.62. The van der Waals surface area contributed by atoms with Crippen molar-refractivity contribution >= 4 is 5.91 Å². The molecule has 0 unspecified atom stereocenters. The maximum atomic E-state index is 11.3. The summed E-state index contributed by atoms with van der Waals surface area (Å²) in [5.41, 5.74) is 0.308. The molecule has 0 aliphatic carbocycles. The summed E-state index contributed by atoms with van der Waals surface area (Å²) in [6, 6.07) is 1.33. The van der Waals surface area contributed by atoms with Gasteiger partial charge in [-0.2, -0.15) is 0 Å². The molecule has 0 atom stereocenters. The molecule has 76 valence electrons. The summed E-state index contributed by atoms with van der Waals surface area (Å²) in [6.07, 6.45) is 3.14. The third-order valence-electron chi connectivity index (χ3n) is 1.61. The lowest BCUT2D eigenvalue weighted by Gasteiger charge is -2.03. The van der Waals surface area contributed by atoms with Crippen LogP contribution in [0, 0.1) is 0 Å². The molecule has 14 heavy (non-hydrogen) atoms. The molecule has 5 heteroatoms. The number of aliphatic hydroxyl groups is 1. The molecule has 0 saturated heterocycles. The van der Waals surface area contributed by atoms with Crippen LogP contribution in [0.1, 0.15) is 16.8 Å². The Morgan fingerprint density at radius 1 is 1.50 bits per heavy atom. The van der Waals surface area contributed by atoms with Gasteiger partial charge < -0.3 is 15.5 Å². The number of nitrogens with zero attached hydrogens (tertiary/aromatic N) is 1. The van der Waals surface area contributed by atoms with E-state index in [0.29, 0.717) is 18.5 Å². The van der Waals surface area contributed by atoms with Crippen LogP contribution in [0.4, 0.5) is 0 Å². The number of rotatable bonds is 4. The van der Waals surface area contributed by atoms with Gasteiger partial charge in [-0.05, 0) is 12.5 Å². The molecule has 0 aliphatic rings. The van der Waals surface area contributed by atoms with E-state index in [4.69, 9.17) is 10.2 Å². The van der Waals surface area contributed by atoms with Crippen molar-refractivity contribution in [3.8, 4) is 5.75 Å². The SMILES string of the molecule is O=C(NCCCO)c1cncc(O)c1. The van der Waals surface area contributed by atoms with Gasteiger partial charge in [-0.1, -0.05) is 0 Å². The number of amides is 1. The Morgan fingerprint density at radius 2 is 2.29 bits per heavy atom. The molecule has 1 rings (SSSR count). The Labute approximate surface area is 81.4 Å². The summed E-state index contributed by atoms with van der Waals surface area (Å²) in [4.78, 5) is 15.0. The number of aromatic nitrogens is 1. The van der Waals surface area contributed by atoms with Crippen LogP contribution in [-0.4, -0.2) is 34.3 Å². The minimum absolute atomic E-state index is 0.0402. The predicted octanol–water partition coefficient (Wildman–Crippen LogP) is -0.101. The first-order valence-corrected chi connectivity index (χ1v) is 4.27. The summed E-state index contributed by atoms with van der Waals surface area (Å²) in [5, 5.41) is 20.1. The third kappa shape index (κ3) is 3.02. The third-order valence-corrected chi connectivity index (χ3v) is 1.61. The van der Waals surface area contributed by atoms with Gasteiger partial charge in [0.1, 0.15) is 5.75 Å². The average molecular weight is 196 g/mol. The van der Waals surface area contributed by atoms with Gasteiger partial charge in [0.15, 0.2) is 0 Å². The van der Waals surface area contributed by atoms with Crippen LogP contribution >= 0.6 is 0 Å². The van der Waals surface area contributed by atoms with Crippen molar-refractivity contribution < 1.29 is 15.0 Å². The van der Waals surface area contributed by atoms with Crippen LogP contribution in [0.15, 0.2) is 18.5 Å². The molecule has 1 aromatic rings. The summed E-state index contributed by atoms with van der Waals surface area (Å²) in [6.45, 7) is 0.448. The summed E-state index contributed by atoms with van der Waals surface area (Å²) < 4.78 is 0. The first-order chi connectivity index (χ1) is 6.74. The minimum atomic E-state index is -0.304. The van der Waals surface area contributed by atoms with E-state index in [1.54, 1.807) is 0 Å². The molecule has 0 aromatic carbocycles. The monoisotopic (exact) mass is 196 g/mol. The van der Waals surface area contributed by atoms with Crippen molar-refractivity contribution in [2.24, 2.45) is 0 Å². The number of aromatic hydroxyl groups is 1. The van der Waals surface area contributed by atoms with Gasteiger partial charge in [0.2, 0.25) is 0 Å². The molecule has 0 bridgehead atoms. The Balaban J connectivity index is 2.52. The van der Waals surface area contributed by atoms with Gasteiger partial charge in [0, 0.05) is 19.3 Å². The van der Waals surface area contributed by atoms with E-state index >= 15 is 0 Å². The van der Waals surface area contributed by atoms with Gasteiger partial charge in [0.25, 0.3) is 5.91 Å². The normalized spacial score (nSPS) is 9.79. The second-order valence-corrected chi connectivity index (χ2v) is 2.76. The van der Waals surface area contributed by atoms with E-state index < -0.39 is 0 Å². The Morgan fingerprint density at radius 3 is 2.93 bits per heavy atom. The zero-order valence-corrected chi connectivity index (χ0v) is 7.60. The summed E-state index contributed by atoms with van der Waals surface area (Å²) >= 11 is 0. The molecule has 0 saturated carbocycles. The van der Waals surface area contributed by atoms with E-state index in [1.165, 1.54) is 18.5 Å². The topological polar surface area (TPSA) is 82.5 Å².